The average molecular weight is 739 g/mol. The summed E-state index contributed by atoms with van der Waals surface area (Å²) in [6.07, 6.45) is -23.8. The molecule has 0 saturated carbocycles. The number of hydrogen-bond donors (Lipinski definition) is 6. The summed E-state index contributed by atoms with van der Waals surface area (Å²) in [7, 11) is 1.85. The molecule has 52 heavy (non-hydrogen) atoms. The van der Waals surface area contributed by atoms with Crippen LogP contribution in [0.25, 0.3) is 0 Å². The number of esters is 3. The molecule has 0 unspecified atom stereocenters. The SMILES string of the molecule is COC(=O)[C@H](O[C@@H]1O[C@@H](C)[C@@H](O)[C@@H](O)[C@@H]1O)[C@@H](O[C@@H]1O[C@H](CO)[C@H](O)[C@H](O[C@H](Cc2ccccc2)C(=O)O)[C@H]1OC(=O)c1ccccc1)C(=O)OC. The summed E-state index contributed by atoms with van der Waals surface area (Å²) in [5.41, 5.74) is 0.528. The molecule has 2 heterocycles. The Bertz CT molecular complexity index is 1480. The Hall–Kier alpha value is -4.08. The third kappa shape index (κ3) is 9.66. The molecule has 2 aliphatic heterocycles. The summed E-state index contributed by atoms with van der Waals surface area (Å²) in [5, 5.41) is 62.6. The van der Waals surface area contributed by atoms with Crippen molar-refractivity contribution in [2.45, 2.75) is 93.1 Å². The minimum Gasteiger partial charge on any atom is -0.479 e. The molecule has 2 aliphatic rings. The predicted molar refractivity (Wildman–Crippen MR) is 170 cm³/mol. The fourth-order valence-electron chi connectivity index (χ4n) is 5.56. The van der Waals surface area contributed by atoms with Gasteiger partial charge in [-0.15, -0.1) is 0 Å². The zero-order valence-corrected chi connectivity index (χ0v) is 28.3. The Morgan fingerprint density at radius 3 is 1.81 bits per heavy atom. The van der Waals surface area contributed by atoms with Crippen LogP contribution in [0.4, 0.5) is 0 Å². The number of ether oxygens (including phenoxy) is 8. The summed E-state index contributed by atoms with van der Waals surface area (Å²) in [6, 6.07) is 15.8. The van der Waals surface area contributed by atoms with Crippen molar-refractivity contribution in [1.29, 1.82) is 0 Å². The normalized spacial score (nSPS) is 30.7. The number of methoxy groups -OCH3 is 2. The predicted octanol–water partition coefficient (Wildman–Crippen LogP) is -1.68. The van der Waals surface area contributed by atoms with E-state index in [4.69, 9.17) is 37.9 Å². The van der Waals surface area contributed by atoms with Crippen molar-refractivity contribution in [2.75, 3.05) is 20.8 Å². The van der Waals surface area contributed by atoms with Crippen molar-refractivity contribution >= 4 is 23.9 Å². The van der Waals surface area contributed by atoms with Crippen LogP contribution < -0.4 is 0 Å². The maximum atomic E-state index is 13.4. The zero-order valence-electron chi connectivity index (χ0n) is 28.3. The maximum Gasteiger partial charge on any atom is 0.338 e. The quantitative estimate of drug-likeness (QED) is 0.0880. The molecule has 0 spiro atoms. The van der Waals surface area contributed by atoms with Gasteiger partial charge in [-0.1, -0.05) is 48.5 Å². The molecular weight excluding hydrogens is 696 g/mol. The van der Waals surface area contributed by atoms with E-state index in [1.807, 2.05) is 0 Å². The molecule has 0 bridgehead atoms. The van der Waals surface area contributed by atoms with Gasteiger partial charge in [-0.2, -0.15) is 0 Å². The minimum absolute atomic E-state index is 0.00331. The van der Waals surface area contributed by atoms with Crippen LogP contribution in [0.1, 0.15) is 22.8 Å². The molecule has 0 radical (unpaired) electrons. The summed E-state index contributed by atoms with van der Waals surface area (Å²) in [6.45, 7) is 0.415. The zero-order chi connectivity index (χ0) is 38.1. The molecule has 6 N–H and O–H groups in total. The summed E-state index contributed by atoms with van der Waals surface area (Å²) >= 11 is 0. The first-order chi connectivity index (χ1) is 24.8. The van der Waals surface area contributed by atoms with Crippen molar-refractivity contribution in [3.63, 3.8) is 0 Å². The number of aliphatic hydroxyl groups excluding tert-OH is 5. The van der Waals surface area contributed by atoms with Crippen molar-refractivity contribution in [3.05, 3.63) is 71.8 Å². The van der Waals surface area contributed by atoms with Crippen LogP contribution in [0.3, 0.4) is 0 Å². The van der Waals surface area contributed by atoms with Crippen LogP contribution in [0.5, 0.6) is 0 Å². The van der Waals surface area contributed by atoms with E-state index in [1.165, 1.54) is 31.2 Å². The summed E-state index contributed by atoms with van der Waals surface area (Å²) in [5.74, 6) is -5.11. The topological polar surface area (TPSA) is 263 Å². The van der Waals surface area contributed by atoms with Gasteiger partial charge in [0, 0.05) is 6.42 Å². The number of rotatable bonds is 15. The number of aliphatic hydroxyl groups is 5. The standard InChI is InChI=1S/C34H42O18/c1-16-21(36)23(38)24(39)33(47-16)51-26(31(43)45-2)27(32(44)46-3)52-34-28(50-30(42)18-12-8-5-9-13-18)25(22(37)20(15-35)49-34)48-19(29(40)41)14-17-10-6-4-7-11-17/h4-13,16,19-28,33-39H,14-15H2,1-3H3,(H,40,41)/t16-,19+,20+,21+,22-,23+,24-,25-,26+,27+,28+,33-,34-/m0/s1. The van der Waals surface area contributed by atoms with Crippen LogP contribution in [-0.4, -0.2) is 155 Å². The highest BCUT2D eigenvalue weighted by molar-refractivity contribution is 5.89. The fraction of sp³-hybridized carbons (Fsp3) is 0.529. The van der Waals surface area contributed by atoms with Gasteiger partial charge >= 0.3 is 23.9 Å². The number of carboxylic acid groups (broad SMARTS) is 1. The van der Waals surface area contributed by atoms with Crippen LogP contribution in [0.15, 0.2) is 60.7 Å². The van der Waals surface area contributed by atoms with E-state index in [1.54, 1.807) is 36.4 Å². The number of carbonyl (C=O) groups excluding carboxylic acids is 3. The smallest absolute Gasteiger partial charge is 0.338 e. The highest BCUT2D eigenvalue weighted by Gasteiger charge is 2.54. The average Bonchev–Trinajstić information content (AvgIpc) is 3.15. The summed E-state index contributed by atoms with van der Waals surface area (Å²) < 4.78 is 43.9. The lowest BCUT2D eigenvalue weighted by Crippen LogP contribution is -2.64. The molecule has 4 rings (SSSR count). The van der Waals surface area contributed by atoms with E-state index in [0.29, 0.717) is 5.56 Å². The number of aliphatic carboxylic acids is 1. The highest BCUT2D eigenvalue weighted by Crippen LogP contribution is 2.32. The number of benzene rings is 2. The van der Waals surface area contributed by atoms with Gasteiger partial charge in [-0.25, -0.2) is 19.2 Å². The monoisotopic (exact) mass is 738 g/mol. The van der Waals surface area contributed by atoms with Crippen LogP contribution in [-0.2, 0) is 58.7 Å². The van der Waals surface area contributed by atoms with E-state index < -0.39 is 110 Å². The number of hydrogen-bond acceptors (Lipinski definition) is 17. The molecule has 13 atom stereocenters. The largest absolute Gasteiger partial charge is 0.479 e. The van der Waals surface area contributed by atoms with Crippen molar-refractivity contribution < 1.29 is 87.7 Å². The molecule has 2 saturated heterocycles. The van der Waals surface area contributed by atoms with Gasteiger partial charge in [0.05, 0.1) is 32.5 Å². The summed E-state index contributed by atoms with van der Waals surface area (Å²) in [4.78, 5) is 52.2. The molecule has 18 heteroatoms. The first kappa shape index (κ1) is 40.7. The Labute approximate surface area is 297 Å². The van der Waals surface area contributed by atoms with Gasteiger partial charge < -0.3 is 68.5 Å². The maximum absolute atomic E-state index is 13.4. The number of carbonyl (C=O) groups is 4. The number of carboxylic acids is 1. The van der Waals surface area contributed by atoms with Crippen molar-refractivity contribution in [3.8, 4) is 0 Å². The second-order valence-electron chi connectivity index (χ2n) is 11.9. The first-order valence-electron chi connectivity index (χ1n) is 16.1. The molecular formula is C34H42O18. The van der Waals surface area contributed by atoms with Crippen LogP contribution in [0, 0.1) is 0 Å². The minimum atomic E-state index is -2.22. The molecule has 0 amide bonds. The molecule has 2 fully saturated rings. The van der Waals surface area contributed by atoms with Crippen LogP contribution >= 0.6 is 0 Å². The Kier molecular flexibility index (Phi) is 14.6. The van der Waals surface area contributed by atoms with E-state index >= 15 is 0 Å². The van der Waals surface area contributed by atoms with Gasteiger partial charge in [0.2, 0.25) is 0 Å². The molecule has 18 nitrogen and oxygen atoms in total. The molecule has 2 aromatic carbocycles. The third-order valence-electron chi connectivity index (χ3n) is 8.42. The Balaban J connectivity index is 1.75. The van der Waals surface area contributed by atoms with E-state index in [0.717, 1.165) is 14.2 Å². The van der Waals surface area contributed by atoms with E-state index in [9.17, 15) is 49.8 Å². The van der Waals surface area contributed by atoms with Crippen LogP contribution in [0.2, 0.25) is 0 Å². The second kappa shape index (κ2) is 18.6. The molecule has 2 aromatic rings. The van der Waals surface area contributed by atoms with Gasteiger partial charge in [-0.3, -0.25) is 0 Å². The lowest BCUT2D eigenvalue weighted by Gasteiger charge is -2.45. The highest BCUT2D eigenvalue weighted by atomic mass is 16.8. The van der Waals surface area contributed by atoms with Crippen molar-refractivity contribution in [1.82, 2.24) is 0 Å². The van der Waals surface area contributed by atoms with E-state index in [2.05, 4.69) is 0 Å². The second-order valence-corrected chi connectivity index (χ2v) is 11.9. The lowest BCUT2D eigenvalue weighted by atomic mass is 9.97. The first-order valence-corrected chi connectivity index (χ1v) is 16.1. The van der Waals surface area contributed by atoms with Gasteiger partial charge in [0.1, 0.15) is 36.6 Å². The Morgan fingerprint density at radius 2 is 1.27 bits per heavy atom. The Morgan fingerprint density at radius 1 is 0.712 bits per heavy atom. The fourth-order valence-corrected chi connectivity index (χ4v) is 5.56. The van der Waals surface area contributed by atoms with Crippen molar-refractivity contribution in [2.24, 2.45) is 0 Å². The van der Waals surface area contributed by atoms with Gasteiger partial charge in [0.25, 0.3) is 0 Å². The molecule has 0 aliphatic carbocycles. The lowest BCUT2D eigenvalue weighted by molar-refractivity contribution is -0.337. The van der Waals surface area contributed by atoms with E-state index in [-0.39, 0.29) is 12.0 Å². The third-order valence-corrected chi connectivity index (χ3v) is 8.42. The molecule has 0 aromatic heterocycles. The molecule has 286 valence electrons. The van der Waals surface area contributed by atoms with Gasteiger partial charge in [0.15, 0.2) is 37.0 Å². The van der Waals surface area contributed by atoms with Gasteiger partial charge in [-0.05, 0) is 24.6 Å².